The van der Waals surface area contributed by atoms with Gasteiger partial charge < -0.3 is 15.4 Å². The number of methoxy groups -OCH3 is 1. The molecule has 0 radical (unpaired) electrons. The van der Waals surface area contributed by atoms with Crippen molar-refractivity contribution in [1.29, 1.82) is 0 Å². The normalized spacial score (nSPS) is 13.4. The number of benzene rings is 2. The molecule has 4 heteroatoms. The Morgan fingerprint density at radius 1 is 1.04 bits per heavy atom. The third kappa shape index (κ3) is 4.49. The molecule has 1 fully saturated rings. The maximum absolute atomic E-state index is 11.7. The summed E-state index contributed by atoms with van der Waals surface area (Å²) in [4.78, 5) is 11.7. The molecule has 1 amide bonds. The third-order valence-corrected chi connectivity index (χ3v) is 4.00. The fourth-order valence-corrected chi connectivity index (χ4v) is 2.40. The molecule has 120 valence electrons. The lowest BCUT2D eigenvalue weighted by Crippen LogP contribution is -2.13. The quantitative estimate of drug-likeness (QED) is 0.820. The smallest absolute Gasteiger partial charge is 0.227 e. The van der Waals surface area contributed by atoms with Crippen LogP contribution in [0.1, 0.15) is 18.4 Å². The van der Waals surface area contributed by atoms with Gasteiger partial charge in [0.25, 0.3) is 0 Å². The van der Waals surface area contributed by atoms with Crippen molar-refractivity contribution in [2.45, 2.75) is 19.3 Å². The summed E-state index contributed by atoms with van der Waals surface area (Å²) < 4.78 is 5.15. The second kappa shape index (κ2) is 7.18. The van der Waals surface area contributed by atoms with Gasteiger partial charge in [0.1, 0.15) is 5.75 Å². The zero-order chi connectivity index (χ0) is 16.1. The van der Waals surface area contributed by atoms with E-state index >= 15 is 0 Å². The molecule has 2 aromatic rings. The first kappa shape index (κ1) is 15.4. The molecule has 1 aliphatic rings. The summed E-state index contributed by atoms with van der Waals surface area (Å²) >= 11 is 0. The number of carbonyl (C=O) groups excluding carboxylic acids is 1. The fraction of sp³-hybridized carbons (Fsp3) is 0.316. The van der Waals surface area contributed by atoms with Gasteiger partial charge in [-0.15, -0.1) is 0 Å². The van der Waals surface area contributed by atoms with Crippen LogP contribution in [0, 0.1) is 5.92 Å². The number of hydrogen-bond acceptors (Lipinski definition) is 3. The first-order valence-corrected chi connectivity index (χ1v) is 8.02. The predicted octanol–water partition coefficient (Wildman–Crippen LogP) is 3.70. The topological polar surface area (TPSA) is 50.4 Å². The molecule has 2 N–H and O–H groups in total. The Morgan fingerprint density at radius 3 is 2.30 bits per heavy atom. The molecule has 0 spiro atoms. The van der Waals surface area contributed by atoms with Crippen molar-refractivity contribution < 1.29 is 9.53 Å². The first-order chi connectivity index (χ1) is 11.2. The molecule has 0 bridgehead atoms. The van der Waals surface area contributed by atoms with Gasteiger partial charge in [0.2, 0.25) is 5.91 Å². The van der Waals surface area contributed by atoms with Gasteiger partial charge in [-0.05, 0) is 61.2 Å². The summed E-state index contributed by atoms with van der Waals surface area (Å²) in [5, 5.41) is 6.34. The van der Waals surface area contributed by atoms with Gasteiger partial charge in [-0.1, -0.05) is 12.1 Å². The highest BCUT2D eigenvalue weighted by Crippen LogP contribution is 2.30. The van der Waals surface area contributed by atoms with Gasteiger partial charge in [0.05, 0.1) is 7.11 Å². The minimum atomic E-state index is 0.144. The first-order valence-electron chi connectivity index (χ1n) is 8.02. The van der Waals surface area contributed by atoms with Crippen molar-refractivity contribution >= 4 is 17.3 Å². The molecule has 1 saturated carbocycles. The van der Waals surface area contributed by atoms with E-state index < -0.39 is 0 Å². The van der Waals surface area contributed by atoms with E-state index in [-0.39, 0.29) is 11.8 Å². The van der Waals surface area contributed by atoms with E-state index in [1.54, 1.807) is 7.11 Å². The predicted molar refractivity (Wildman–Crippen MR) is 93.0 cm³/mol. The molecule has 2 aromatic carbocycles. The van der Waals surface area contributed by atoms with Crippen LogP contribution >= 0.6 is 0 Å². The summed E-state index contributed by atoms with van der Waals surface area (Å²) in [6, 6.07) is 16.0. The SMILES string of the molecule is COc1ccc(CCNc2ccc(NC(=O)C3CC3)cc2)cc1. The molecule has 1 aliphatic carbocycles. The maximum Gasteiger partial charge on any atom is 0.227 e. The molecule has 23 heavy (non-hydrogen) atoms. The Balaban J connectivity index is 1.45. The number of ether oxygens (including phenoxy) is 1. The van der Waals surface area contributed by atoms with Gasteiger partial charge in [-0.3, -0.25) is 4.79 Å². The second-order valence-corrected chi connectivity index (χ2v) is 5.87. The standard InChI is InChI=1S/C19H22N2O2/c1-23-18-10-2-14(3-11-18)12-13-20-16-6-8-17(9-7-16)21-19(22)15-4-5-15/h2-3,6-11,15,20H,4-5,12-13H2,1H3,(H,21,22). The number of carbonyl (C=O) groups is 1. The van der Waals surface area contributed by atoms with E-state index in [1.165, 1.54) is 5.56 Å². The van der Waals surface area contributed by atoms with Gasteiger partial charge in [0.15, 0.2) is 0 Å². The molecular formula is C19H22N2O2. The average Bonchev–Trinajstić information content (AvgIpc) is 3.42. The van der Waals surface area contributed by atoms with Crippen molar-refractivity contribution in [2.75, 3.05) is 24.3 Å². The van der Waals surface area contributed by atoms with Gasteiger partial charge >= 0.3 is 0 Å². The molecule has 0 aromatic heterocycles. The molecular weight excluding hydrogens is 288 g/mol. The minimum absolute atomic E-state index is 0.144. The Kier molecular flexibility index (Phi) is 4.81. The second-order valence-electron chi connectivity index (χ2n) is 5.87. The highest BCUT2D eigenvalue weighted by molar-refractivity contribution is 5.94. The van der Waals surface area contributed by atoms with Crippen LogP contribution < -0.4 is 15.4 Å². The molecule has 4 nitrogen and oxygen atoms in total. The number of anilines is 2. The Labute approximate surface area is 136 Å². The van der Waals surface area contributed by atoms with Crippen LogP contribution in [0.2, 0.25) is 0 Å². The number of hydrogen-bond donors (Lipinski definition) is 2. The summed E-state index contributed by atoms with van der Waals surface area (Å²) in [5.41, 5.74) is 3.19. The van der Waals surface area contributed by atoms with Crippen LogP contribution in [0.15, 0.2) is 48.5 Å². The molecule has 3 rings (SSSR count). The fourth-order valence-electron chi connectivity index (χ4n) is 2.40. The van der Waals surface area contributed by atoms with Gasteiger partial charge in [-0.25, -0.2) is 0 Å². The number of rotatable bonds is 7. The monoisotopic (exact) mass is 310 g/mol. The van der Waals surface area contributed by atoms with Gasteiger partial charge in [-0.2, -0.15) is 0 Å². The minimum Gasteiger partial charge on any atom is -0.497 e. The van der Waals surface area contributed by atoms with E-state index in [1.807, 2.05) is 36.4 Å². The highest BCUT2D eigenvalue weighted by atomic mass is 16.5. The lowest BCUT2D eigenvalue weighted by molar-refractivity contribution is -0.117. The highest BCUT2D eigenvalue weighted by Gasteiger charge is 2.29. The van der Waals surface area contributed by atoms with Crippen molar-refractivity contribution in [3.63, 3.8) is 0 Å². The van der Waals surface area contributed by atoms with Crippen molar-refractivity contribution in [1.82, 2.24) is 0 Å². The van der Waals surface area contributed by atoms with Crippen LogP contribution in [0.4, 0.5) is 11.4 Å². The van der Waals surface area contributed by atoms with E-state index in [2.05, 4.69) is 22.8 Å². The van der Waals surface area contributed by atoms with E-state index in [0.29, 0.717) is 0 Å². The third-order valence-electron chi connectivity index (χ3n) is 4.00. The number of amides is 1. The van der Waals surface area contributed by atoms with E-state index in [9.17, 15) is 4.79 Å². The molecule has 0 atom stereocenters. The lowest BCUT2D eigenvalue weighted by atomic mass is 10.1. The summed E-state index contributed by atoms with van der Waals surface area (Å²) in [6.45, 7) is 0.861. The largest absolute Gasteiger partial charge is 0.497 e. The number of nitrogens with one attached hydrogen (secondary N) is 2. The maximum atomic E-state index is 11.7. The zero-order valence-electron chi connectivity index (χ0n) is 13.3. The molecule has 0 unspecified atom stereocenters. The molecule has 0 saturated heterocycles. The lowest BCUT2D eigenvalue weighted by Gasteiger charge is -2.09. The van der Waals surface area contributed by atoms with Crippen LogP contribution in [-0.4, -0.2) is 19.6 Å². The van der Waals surface area contributed by atoms with Crippen LogP contribution in [0.3, 0.4) is 0 Å². The summed E-state index contributed by atoms with van der Waals surface area (Å²) in [5.74, 6) is 1.26. The summed E-state index contributed by atoms with van der Waals surface area (Å²) in [7, 11) is 1.67. The van der Waals surface area contributed by atoms with Crippen LogP contribution in [0.25, 0.3) is 0 Å². The Bertz CT molecular complexity index is 646. The Morgan fingerprint density at radius 2 is 1.70 bits per heavy atom. The Hall–Kier alpha value is -2.49. The average molecular weight is 310 g/mol. The van der Waals surface area contributed by atoms with Crippen LogP contribution in [-0.2, 0) is 11.2 Å². The van der Waals surface area contributed by atoms with Crippen molar-refractivity contribution in [2.24, 2.45) is 5.92 Å². The van der Waals surface area contributed by atoms with E-state index in [0.717, 1.165) is 42.9 Å². The van der Waals surface area contributed by atoms with Crippen molar-refractivity contribution in [3.05, 3.63) is 54.1 Å². The van der Waals surface area contributed by atoms with Crippen LogP contribution in [0.5, 0.6) is 5.75 Å². The molecule has 0 heterocycles. The molecule has 0 aliphatic heterocycles. The van der Waals surface area contributed by atoms with E-state index in [4.69, 9.17) is 4.74 Å². The zero-order valence-corrected chi connectivity index (χ0v) is 13.3. The van der Waals surface area contributed by atoms with Crippen molar-refractivity contribution in [3.8, 4) is 5.75 Å². The van der Waals surface area contributed by atoms with Gasteiger partial charge in [0, 0.05) is 23.8 Å². The summed E-state index contributed by atoms with van der Waals surface area (Å²) in [6.07, 6.45) is 3.00.